The van der Waals surface area contributed by atoms with E-state index in [9.17, 15) is 4.79 Å². The summed E-state index contributed by atoms with van der Waals surface area (Å²) in [5, 5.41) is 0. The van der Waals surface area contributed by atoms with E-state index in [1.54, 1.807) is 0 Å². The summed E-state index contributed by atoms with van der Waals surface area (Å²) < 4.78 is 5.48. The highest BCUT2D eigenvalue weighted by atomic mass is 35.5. The highest BCUT2D eigenvalue weighted by Crippen LogP contribution is 2.14. The van der Waals surface area contributed by atoms with Crippen LogP contribution < -0.4 is 10.5 Å². The molecule has 1 fully saturated rings. The van der Waals surface area contributed by atoms with Gasteiger partial charge in [0.25, 0.3) is 5.91 Å². The first-order valence-electron chi connectivity index (χ1n) is 5.99. The number of benzene rings is 1. The molecule has 2 rings (SSSR count). The fourth-order valence-electron chi connectivity index (χ4n) is 1.97. The molecule has 1 aliphatic heterocycles. The van der Waals surface area contributed by atoms with Gasteiger partial charge < -0.3 is 15.4 Å². The topological polar surface area (TPSA) is 55.6 Å². The van der Waals surface area contributed by atoms with Crippen LogP contribution in [0.4, 0.5) is 0 Å². The van der Waals surface area contributed by atoms with Gasteiger partial charge in [0.05, 0.1) is 0 Å². The van der Waals surface area contributed by atoms with Crippen molar-refractivity contribution in [1.29, 1.82) is 0 Å². The first-order valence-corrected chi connectivity index (χ1v) is 5.99. The molecule has 2 N–H and O–H groups in total. The fraction of sp³-hybridized carbons (Fsp3) is 0.462. The number of nitrogens with zero attached hydrogens (tertiary/aromatic N) is 1. The van der Waals surface area contributed by atoms with Crippen molar-refractivity contribution in [3.05, 3.63) is 29.8 Å². The van der Waals surface area contributed by atoms with Gasteiger partial charge in [-0.25, -0.2) is 0 Å². The highest BCUT2D eigenvalue weighted by molar-refractivity contribution is 5.85. The van der Waals surface area contributed by atoms with Gasteiger partial charge in [-0.05, 0) is 30.5 Å². The number of carbonyl (C=O) groups excluding carboxylic acids is 1. The molecular formula is C13H19ClN2O2. The van der Waals surface area contributed by atoms with Crippen molar-refractivity contribution in [2.24, 2.45) is 5.73 Å². The lowest BCUT2D eigenvalue weighted by Gasteiger charge is -2.15. The number of carbonyl (C=O) groups is 1. The molecular weight excluding hydrogens is 252 g/mol. The third kappa shape index (κ3) is 3.89. The number of ether oxygens (including phenoxy) is 1. The summed E-state index contributed by atoms with van der Waals surface area (Å²) in [7, 11) is 0. The Bertz CT molecular complexity index is 392. The quantitative estimate of drug-likeness (QED) is 0.904. The zero-order valence-electron chi connectivity index (χ0n) is 10.3. The molecule has 0 radical (unpaired) electrons. The zero-order chi connectivity index (χ0) is 12.1. The predicted molar refractivity (Wildman–Crippen MR) is 72.9 cm³/mol. The van der Waals surface area contributed by atoms with Gasteiger partial charge in [0, 0.05) is 19.6 Å². The van der Waals surface area contributed by atoms with E-state index in [1.165, 1.54) is 0 Å². The SMILES string of the molecule is Cl.NCc1cccc(OCC(=O)N2CCCC2)c1. The Kier molecular flexibility index (Phi) is 5.95. The van der Waals surface area contributed by atoms with E-state index in [0.29, 0.717) is 12.3 Å². The summed E-state index contributed by atoms with van der Waals surface area (Å²) >= 11 is 0. The molecule has 1 aliphatic rings. The Morgan fingerprint density at radius 3 is 2.72 bits per heavy atom. The Morgan fingerprint density at radius 1 is 1.33 bits per heavy atom. The van der Waals surface area contributed by atoms with E-state index in [4.69, 9.17) is 10.5 Å². The van der Waals surface area contributed by atoms with E-state index < -0.39 is 0 Å². The molecule has 0 atom stereocenters. The van der Waals surface area contributed by atoms with Crippen LogP contribution in [0.15, 0.2) is 24.3 Å². The third-order valence-corrected chi connectivity index (χ3v) is 2.96. The van der Waals surface area contributed by atoms with Gasteiger partial charge in [-0.3, -0.25) is 4.79 Å². The minimum Gasteiger partial charge on any atom is -0.484 e. The number of hydrogen-bond acceptors (Lipinski definition) is 3. The Hall–Kier alpha value is -1.26. The maximum absolute atomic E-state index is 11.7. The molecule has 1 aromatic carbocycles. The van der Waals surface area contributed by atoms with Crippen LogP contribution in [-0.4, -0.2) is 30.5 Å². The number of amides is 1. The second-order valence-corrected chi connectivity index (χ2v) is 4.23. The summed E-state index contributed by atoms with van der Waals surface area (Å²) in [5.41, 5.74) is 6.55. The first kappa shape index (κ1) is 14.8. The average molecular weight is 271 g/mol. The molecule has 1 amide bonds. The van der Waals surface area contributed by atoms with Crippen LogP contribution in [0, 0.1) is 0 Å². The van der Waals surface area contributed by atoms with Gasteiger partial charge in [-0.1, -0.05) is 12.1 Å². The Labute approximate surface area is 114 Å². The molecule has 0 bridgehead atoms. The molecule has 0 unspecified atom stereocenters. The Morgan fingerprint density at radius 2 is 2.06 bits per heavy atom. The van der Waals surface area contributed by atoms with Gasteiger partial charge in [0.15, 0.2) is 6.61 Å². The van der Waals surface area contributed by atoms with Crippen molar-refractivity contribution < 1.29 is 9.53 Å². The van der Waals surface area contributed by atoms with Crippen LogP contribution in [-0.2, 0) is 11.3 Å². The summed E-state index contributed by atoms with van der Waals surface area (Å²) in [6.45, 7) is 2.33. The summed E-state index contributed by atoms with van der Waals surface area (Å²) in [4.78, 5) is 13.6. The largest absolute Gasteiger partial charge is 0.484 e. The van der Waals surface area contributed by atoms with E-state index in [2.05, 4.69) is 0 Å². The van der Waals surface area contributed by atoms with Crippen molar-refractivity contribution in [2.45, 2.75) is 19.4 Å². The third-order valence-electron chi connectivity index (χ3n) is 2.96. The number of hydrogen-bond donors (Lipinski definition) is 1. The average Bonchev–Trinajstić information content (AvgIpc) is 2.90. The lowest BCUT2D eigenvalue weighted by molar-refractivity contribution is -0.132. The van der Waals surface area contributed by atoms with Gasteiger partial charge in [0.2, 0.25) is 0 Å². The number of nitrogens with two attached hydrogens (primary N) is 1. The highest BCUT2D eigenvalue weighted by Gasteiger charge is 2.17. The van der Waals surface area contributed by atoms with Crippen molar-refractivity contribution >= 4 is 18.3 Å². The van der Waals surface area contributed by atoms with Gasteiger partial charge >= 0.3 is 0 Å². The molecule has 4 nitrogen and oxygen atoms in total. The number of likely N-dealkylation sites (tertiary alicyclic amines) is 1. The standard InChI is InChI=1S/C13H18N2O2.ClH/c14-9-11-4-3-5-12(8-11)17-10-13(16)15-6-1-2-7-15;/h3-5,8H,1-2,6-7,9-10,14H2;1H. The van der Waals surface area contributed by atoms with Crippen LogP contribution in [0.1, 0.15) is 18.4 Å². The lowest BCUT2D eigenvalue weighted by Crippen LogP contribution is -2.32. The number of rotatable bonds is 4. The van der Waals surface area contributed by atoms with Crippen molar-refractivity contribution in [2.75, 3.05) is 19.7 Å². The molecule has 18 heavy (non-hydrogen) atoms. The van der Waals surface area contributed by atoms with Crippen molar-refractivity contribution in [1.82, 2.24) is 4.90 Å². The molecule has 1 aromatic rings. The van der Waals surface area contributed by atoms with Crippen LogP contribution in [0.5, 0.6) is 5.75 Å². The smallest absolute Gasteiger partial charge is 0.260 e. The van der Waals surface area contributed by atoms with Crippen LogP contribution >= 0.6 is 12.4 Å². The minimum absolute atomic E-state index is 0. The lowest BCUT2D eigenvalue weighted by atomic mass is 10.2. The first-order chi connectivity index (χ1) is 8.29. The van der Waals surface area contributed by atoms with E-state index >= 15 is 0 Å². The molecule has 0 aromatic heterocycles. The Balaban J connectivity index is 0.00000162. The predicted octanol–water partition coefficient (Wildman–Crippen LogP) is 1.57. The fourth-order valence-corrected chi connectivity index (χ4v) is 1.97. The maximum Gasteiger partial charge on any atom is 0.260 e. The van der Waals surface area contributed by atoms with Crippen molar-refractivity contribution in [3.63, 3.8) is 0 Å². The molecule has 1 heterocycles. The van der Waals surface area contributed by atoms with E-state index in [1.807, 2.05) is 29.2 Å². The van der Waals surface area contributed by atoms with Crippen LogP contribution in [0.3, 0.4) is 0 Å². The van der Waals surface area contributed by atoms with Gasteiger partial charge in [0.1, 0.15) is 5.75 Å². The second kappa shape index (κ2) is 7.24. The monoisotopic (exact) mass is 270 g/mol. The summed E-state index contributed by atoms with van der Waals surface area (Å²) in [5.74, 6) is 0.779. The molecule has 1 saturated heterocycles. The normalized spacial score (nSPS) is 14.2. The molecule has 5 heteroatoms. The van der Waals surface area contributed by atoms with Gasteiger partial charge in [-0.15, -0.1) is 12.4 Å². The molecule has 0 saturated carbocycles. The number of halogens is 1. The minimum atomic E-state index is 0. The molecule has 0 aliphatic carbocycles. The molecule has 0 spiro atoms. The van der Waals surface area contributed by atoms with E-state index in [-0.39, 0.29) is 24.9 Å². The molecule has 100 valence electrons. The maximum atomic E-state index is 11.7. The van der Waals surface area contributed by atoms with Crippen molar-refractivity contribution in [3.8, 4) is 5.75 Å². The van der Waals surface area contributed by atoms with Gasteiger partial charge in [-0.2, -0.15) is 0 Å². The van der Waals surface area contributed by atoms with E-state index in [0.717, 1.165) is 31.5 Å². The summed E-state index contributed by atoms with van der Waals surface area (Å²) in [6.07, 6.45) is 2.21. The summed E-state index contributed by atoms with van der Waals surface area (Å²) in [6, 6.07) is 7.54. The van der Waals surface area contributed by atoms with Crippen LogP contribution in [0.25, 0.3) is 0 Å². The second-order valence-electron chi connectivity index (χ2n) is 4.23. The zero-order valence-corrected chi connectivity index (χ0v) is 11.1. The van der Waals surface area contributed by atoms with Crippen LogP contribution in [0.2, 0.25) is 0 Å².